The number of alkyl halides is 3. The fourth-order valence-corrected chi connectivity index (χ4v) is 1.15. The van der Waals surface area contributed by atoms with Crippen LogP contribution in [0, 0.1) is 0 Å². The second-order valence-corrected chi connectivity index (χ2v) is 2.68. The van der Waals surface area contributed by atoms with Gasteiger partial charge < -0.3 is 4.57 Å². The first-order chi connectivity index (χ1) is 6.99. The van der Waals surface area contributed by atoms with Crippen molar-refractivity contribution < 1.29 is 13.2 Å². The SMILES string of the molecule is CC.CCc1nc(C(F)(F)F)cn1CC. The summed E-state index contributed by atoms with van der Waals surface area (Å²) in [5.74, 6) is 0.481. The molecule has 0 atom stereocenters. The fraction of sp³-hybridized carbons (Fsp3) is 0.700. The molecule has 1 heterocycles. The summed E-state index contributed by atoms with van der Waals surface area (Å²) < 4.78 is 38.1. The quantitative estimate of drug-likeness (QED) is 0.748. The fourth-order valence-electron chi connectivity index (χ4n) is 1.15. The normalized spacial score (nSPS) is 10.9. The van der Waals surface area contributed by atoms with Crippen molar-refractivity contribution >= 4 is 0 Å². The van der Waals surface area contributed by atoms with E-state index in [-0.39, 0.29) is 0 Å². The van der Waals surface area contributed by atoms with Crippen LogP contribution >= 0.6 is 0 Å². The molecule has 5 heteroatoms. The van der Waals surface area contributed by atoms with Gasteiger partial charge in [0, 0.05) is 19.2 Å². The van der Waals surface area contributed by atoms with Gasteiger partial charge in [-0.3, -0.25) is 0 Å². The van der Waals surface area contributed by atoms with Crippen molar-refractivity contribution in [2.45, 2.75) is 46.8 Å². The smallest absolute Gasteiger partial charge is 0.335 e. The number of hydrogen-bond donors (Lipinski definition) is 0. The van der Waals surface area contributed by atoms with E-state index in [1.54, 1.807) is 13.8 Å². The number of hydrogen-bond acceptors (Lipinski definition) is 1. The number of aromatic nitrogens is 2. The molecule has 1 rings (SSSR count). The third kappa shape index (κ3) is 3.57. The molecule has 1 aromatic heterocycles. The average molecular weight is 222 g/mol. The summed E-state index contributed by atoms with van der Waals surface area (Å²) in [5, 5.41) is 0. The zero-order valence-corrected chi connectivity index (χ0v) is 9.52. The summed E-state index contributed by atoms with van der Waals surface area (Å²) >= 11 is 0. The van der Waals surface area contributed by atoms with Gasteiger partial charge in [0.1, 0.15) is 5.82 Å². The molecule has 0 amide bonds. The molecule has 0 radical (unpaired) electrons. The Morgan fingerprint density at radius 1 is 1.27 bits per heavy atom. The molecule has 0 spiro atoms. The first-order valence-electron chi connectivity index (χ1n) is 5.12. The van der Waals surface area contributed by atoms with Crippen LogP contribution in [-0.2, 0) is 19.1 Å². The number of nitrogens with zero attached hydrogens (tertiary/aromatic N) is 2. The van der Waals surface area contributed by atoms with Crippen LogP contribution in [-0.4, -0.2) is 9.55 Å². The third-order valence-electron chi connectivity index (χ3n) is 1.81. The highest BCUT2D eigenvalue weighted by Crippen LogP contribution is 2.28. The van der Waals surface area contributed by atoms with Gasteiger partial charge in [-0.25, -0.2) is 4.98 Å². The van der Waals surface area contributed by atoms with Crippen LogP contribution in [0.25, 0.3) is 0 Å². The number of halogens is 3. The van der Waals surface area contributed by atoms with Gasteiger partial charge in [-0.05, 0) is 6.92 Å². The van der Waals surface area contributed by atoms with Crippen molar-refractivity contribution in [2.75, 3.05) is 0 Å². The van der Waals surface area contributed by atoms with Crippen LogP contribution in [0.3, 0.4) is 0 Å². The summed E-state index contributed by atoms with van der Waals surface area (Å²) in [6, 6.07) is 0. The van der Waals surface area contributed by atoms with Gasteiger partial charge >= 0.3 is 6.18 Å². The lowest BCUT2D eigenvalue weighted by atomic mass is 10.4. The van der Waals surface area contributed by atoms with Gasteiger partial charge in [-0.2, -0.15) is 13.2 Å². The summed E-state index contributed by atoms with van der Waals surface area (Å²) in [4.78, 5) is 3.51. The van der Waals surface area contributed by atoms with E-state index in [9.17, 15) is 13.2 Å². The largest absolute Gasteiger partial charge is 0.434 e. The van der Waals surface area contributed by atoms with Crippen molar-refractivity contribution in [3.8, 4) is 0 Å². The Labute approximate surface area is 88.1 Å². The van der Waals surface area contributed by atoms with E-state index in [1.165, 1.54) is 4.57 Å². The molecule has 15 heavy (non-hydrogen) atoms. The molecule has 0 unspecified atom stereocenters. The van der Waals surface area contributed by atoms with Crippen LogP contribution in [0.2, 0.25) is 0 Å². The molecule has 0 aliphatic carbocycles. The predicted octanol–water partition coefficient (Wildman–Crippen LogP) is 3.51. The monoisotopic (exact) mass is 222 g/mol. The van der Waals surface area contributed by atoms with Gasteiger partial charge in [-0.1, -0.05) is 20.8 Å². The summed E-state index contributed by atoms with van der Waals surface area (Å²) in [6.45, 7) is 8.10. The van der Waals surface area contributed by atoms with Crippen molar-refractivity contribution in [1.29, 1.82) is 0 Å². The molecular weight excluding hydrogens is 205 g/mol. The third-order valence-corrected chi connectivity index (χ3v) is 1.81. The summed E-state index contributed by atoms with van der Waals surface area (Å²) in [7, 11) is 0. The Hall–Kier alpha value is -1.00. The molecule has 0 N–H and O–H groups in total. The lowest BCUT2D eigenvalue weighted by Gasteiger charge is -1.99. The van der Waals surface area contributed by atoms with Crippen LogP contribution in [0.5, 0.6) is 0 Å². The highest BCUT2D eigenvalue weighted by Gasteiger charge is 2.34. The van der Waals surface area contributed by atoms with Crippen LogP contribution < -0.4 is 0 Å². The van der Waals surface area contributed by atoms with Crippen molar-refractivity contribution in [3.05, 3.63) is 17.7 Å². The van der Waals surface area contributed by atoms with E-state index >= 15 is 0 Å². The van der Waals surface area contributed by atoms with E-state index in [2.05, 4.69) is 4.98 Å². The molecule has 0 bridgehead atoms. The number of aryl methyl sites for hydroxylation is 2. The Morgan fingerprint density at radius 2 is 1.80 bits per heavy atom. The molecule has 0 aliphatic heterocycles. The molecule has 1 aromatic rings. The first-order valence-corrected chi connectivity index (χ1v) is 5.12. The first kappa shape index (κ1) is 14.0. The highest BCUT2D eigenvalue weighted by atomic mass is 19.4. The molecule has 2 nitrogen and oxygen atoms in total. The highest BCUT2D eigenvalue weighted by molar-refractivity contribution is 5.07. The minimum Gasteiger partial charge on any atom is -0.335 e. The van der Waals surface area contributed by atoms with Crippen molar-refractivity contribution in [1.82, 2.24) is 9.55 Å². The van der Waals surface area contributed by atoms with Crippen molar-refractivity contribution in [3.63, 3.8) is 0 Å². The van der Waals surface area contributed by atoms with Crippen LogP contribution in [0.15, 0.2) is 6.20 Å². The standard InChI is InChI=1S/C8H11F3N2.C2H6/c1-3-7-12-6(8(9,10)11)5-13(7)4-2;1-2/h5H,3-4H2,1-2H3;1-2H3. The summed E-state index contributed by atoms with van der Waals surface area (Å²) in [5.41, 5.74) is -0.800. The van der Waals surface area contributed by atoms with Crippen LogP contribution in [0.1, 0.15) is 39.2 Å². The minimum absolute atomic E-state index is 0.481. The maximum absolute atomic E-state index is 12.2. The van der Waals surface area contributed by atoms with E-state index in [1.807, 2.05) is 13.8 Å². The lowest BCUT2D eigenvalue weighted by molar-refractivity contribution is -0.141. The Bertz CT molecular complexity index is 268. The number of rotatable bonds is 2. The van der Waals surface area contributed by atoms with Gasteiger partial charge in [0.05, 0.1) is 0 Å². The predicted molar refractivity (Wildman–Crippen MR) is 53.6 cm³/mol. The zero-order valence-electron chi connectivity index (χ0n) is 9.52. The molecule has 88 valence electrons. The van der Waals surface area contributed by atoms with E-state index < -0.39 is 11.9 Å². The molecular formula is C10H17F3N2. The van der Waals surface area contributed by atoms with E-state index in [0.29, 0.717) is 18.8 Å². The maximum atomic E-state index is 12.2. The minimum atomic E-state index is -4.33. The maximum Gasteiger partial charge on any atom is 0.434 e. The number of imidazole rings is 1. The second-order valence-electron chi connectivity index (χ2n) is 2.68. The Morgan fingerprint density at radius 3 is 2.07 bits per heavy atom. The van der Waals surface area contributed by atoms with Crippen LogP contribution in [0.4, 0.5) is 13.2 Å². The zero-order chi connectivity index (χ0) is 12.1. The molecule has 0 aromatic carbocycles. The van der Waals surface area contributed by atoms with E-state index in [4.69, 9.17) is 0 Å². The molecule has 0 fully saturated rings. The second kappa shape index (κ2) is 5.78. The topological polar surface area (TPSA) is 17.8 Å². The summed E-state index contributed by atoms with van der Waals surface area (Å²) in [6.07, 6.45) is -2.76. The Balaban J connectivity index is 0.000000921. The average Bonchev–Trinajstić information content (AvgIpc) is 2.63. The van der Waals surface area contributed by atoms with Gasteiger partial charge in [0.25, 0.3) is 0 Å². The lowest BCUT2D eigenvalue weighted by Crippen LogP contribution is -2.05. The van der Waals surface area contributed by atoms with Gasteiger partial charge in [0.2, 0.25) is 0 Å². The Kier molecular flexibility index (Phi) is 5.39. The van der Waals surface area contributed by atoms with Crippen molar-refractivity contribution in [2.24, 2.45) is 0 Å². The molecule has 0 saturated carbocycles. The van der Waals surface area contributed by atoms with Gasteiger partial charge in [0.15, 0.2) is 5.69 Å². The molecule has 0 aliphatic rings. The van der Waals surface area contributed by atoms with E-state index in [0.717, 1.165) is 6.20 Å². The molecule has 0 saturated heterocycles. The van der Waals surface area contributed by atoms with Gasteiger partial charge in [-0.15, -0.1) is 0 Å².